The molecule has 0 spiro atoms. The molecule has 28 heavy (non-hydrogen) atoms. The molecule has 1 aromatic rings. The van der Waals surface area contributed by atoms with E-state index < -0.39 is 5.60 Å². The van der Waals surface area contributed by atoms with Crippen LogP contribution in [0.15, 0.2) is 27.6 Å². The van der Waals surface area contributed by atoms with Gasteiger partial charge >= 0.3 is 5.97 Å². The van der Waals surface area contributed by atoms with Crippen LogP contribution in [-0.2, 0) is 9.53 Å². The molecule has 0 heterocycles. The number of halogens is 1. The molecule has 0 aliphatic rings. The summed E-state index contributed by atoms with van der Waals surface area (Å²) in [4.78, 5) is 12.0. The SMILES string of the molecule is CC.CC.CC(C)(C)O.CCC.COC(=O)CCSc1cc(Br)cc(OC)c1. The second-order valence-electron chi connectivity index (χ2n) is 5.88. The van der Waals surface area contributed by atoms with Crippen LogP contribution in [-0.4, -0.2) is 36.6 Å². The average molecular weight is 484 g/mol. The summed E-state index contributed by atoms with van der Waals surface area (Å²) in [6.07, 6.45) is 1.66. The van der Waals surface area contributed by atoms with E-state index >= 15 is 0 Å². The first kappa shape index (κ1) is 34.8. The largest absolute Gasteiger partial charge is 0.497 e. The van der Waals surface area contributed by atoms with Crippen LogP contribution in [0.2, 0.25) is 0 Å². The number of methoxy groups -OCH3 is 2. The van der Waals surface area contributed by atoms with Crippen LogP contribution in [0.25, 0.3) is 0 Å². The zero-order valence-electron chi connectivity index (χ0n) is 19.8. The summed E-state index contributed by atoms with van der Waals surface area (Å²) in [7, 11) is 3.03. The summed E-state index contributed by atoms with van der Waals surface area (Å²) in [6.45, 7) is 17.5. The average Bonchev–Trinajstić information content (AvgIpc) is 2.63. The smallest absolute Gasteiger partial charge is 0.306 e. The lowest BCUT2D eigenvalue weighted by Crippen LogP contribution is -2.10. The molecule has 6 heteroatoms. The van der Waals surface area contributed by atoms with Gasteiger partial charge in [-0.1, -0.05) is 63.9 Å². The van der Waals surface area contributed by atoms with Crippen molar-refractivity contribution in [3.05, 3.63) is 22.7 Å². The van der Waals surface area contributed by atoms with Gasteiger partial charge in [-0.2, -0.15) is 0 Å². The Labute approximate surface area is 186 Å². The van der Waals surface area contributed by atoms with Gasteiger partial charge in [0.15, 0.2) is 0 Å². The molecule has 0 radical (unpaired) electrons. The topological polar surface area (TPSA) is 55.8 Å². The minimum Gasteiger partial charge on any atom is -0.497 e. The summed E-state index contributed by atoms with van der Waals surface area (Å²) >= 11 is 5.00. The van der Waals surface area contributed by atoms with Gasteiger partial charge in [-0.25, -0.2) is 0 Å². The van der Waals surface area contributed by atoms with E-state index in [0.717, 1.165) is 15.1 Å². The number of carbonyl (C=O) groups is 1. The molecule has 4 nitrogen and oxygen atoms in total. The highest BCUT2D eigenvalue weighted by molar-refractivity contribution is 9.10. The van der Waals surface area contributed by atoms with Gasteiger partial charge < -0.3 is 14.6 Å². The van der Waals surface area contributed by atoms with Crippen molar-refractivity contribution in [2.45, 2.75) is 85.7 Å². The van der Waals surface area contributed by atoms with E-state index in [-0.39, 0.29) is 5.97 Å². The van der Waals surface area contributed by atoms with Gasteiger partial charge in [0, 0.05) is 15.1 Å². The van der Waals surface area contributed by atoms with E-state index in [1.165, 1.54) is 13.5 Å². The number of carbonyl (C=O) groups excluding carboxylic acids is 1. The van der Waals surface area contributed by atoms with Gasteiger partial charge in [-0.15, -0.1) is 11.8 Å². The third kappa shape index (κ3) is 32.9. The maximum Gasteiger partial charge on any atom is 0.306 e. The summed E-state index contributed by atoms with van der Waals surface area (Å²) in [5.41, 5.74) is -0.500. The molecular weight excluding hydrogens is 440 g/mol. The lowest BCUT2D eigenvalue weighted by Gasteiger charge is -2.05. The highest BCUT2D eigenvalue weighted by Gasteiger charge is 2.03. The van der Waals surface area contributed by atoms with Crippen LogP contribution in [0.1, 0.15) is 75.2 Å². The Bertz CT molecular complexity index is 454. The predicted octanol–water partition coefficient (Wildman–Crippen LogP) is 7.36. The molecule has 1 N–H and O–H groups in total. The monoisotopic (exact) mass is 482 g/mol. The molecule has 0 aliphatic heterocycles. The first-order valence-electron chi connectivity index (χ1n) is 9.83. The summed E-state index contributed by atoms with van der Waals surface area (Å²) in [6, 6.07) is 5.82. The van der Waals surface area contributed by atoms with Crippen molar-refractivity contribution in [3.8, 4) is 5.75 Å². The minimum atomic E-state index is -0.500. The second-order valence-corrected chi connectivity index (χ2v) is 7.96. The van der Waals surface area contributed by atoms with Gasteiger partial charge in [0.05, 0.1) is 26.2 Å². The van der Waals surface area contributed by atoms with Gasteiger partial charge in [-0.3, -0.25) is 4.79 Å². The Kier molecular flexibility index (Phi) is 30.2. The standard InChI is InChI=1S/C11H13BrO3S.C4H10O.C3H8.2C2H6/c1-14-9-5-8(12)6-10(7-9)16-4-3-11(13)15-2;1-4(2,3)5;1-3-2;2*1-2/h5-7H,3-4H2,1-2H3;5H,1-3H3;3H2,1-2H3;2*1-2H3. The summed E-state index contributed by atoms with van der Waals surface area (Å²) < 4.78 is 10.7. The van der Waals surface area contributed by atoms with Crippen LogP contribution in [0.4, 0.5) is 0 Å². The van der Waals surface area contributed by atoms with Crippen molar-refractivity contribution in [1.82, 2.24) is 0 Å². The van der Waals surface area contributed by atoms with Crippen molar-refractivity contribution in [1.29, 1.82) is 0 Å². The van der Waals surface area contributed by atoms with Crippen LogP contribution in [0.5, 0.6) is 5.75 Å². The maximum absolute atomic E-state index is 10.9. The molecule has 0 aromatic heterocycles. The van der Waals surface area contributed by atoms with Crippen molar-refractivity contribution in [2.75, 3.05) is 20.0 Å². The molecule has 0 unspecified atom stereocenters. The fourth-order valence-electron chi connectivity index (χ4n) is 1.09. The summed E-state index contributed by atoms with van der Waals surface area (Å²) in [5, 5.41) is 8.52. The number of esters is 1. The fraction of sp³-hybridized carbons (Fsp3) is 0.682. The van der Waals surface area contributed by atoms with Gasteiger partial charge in [-0.05, 0) is 39.0 Å². The summed E-state index contributed by atoms with van der Waals surface area (Å²) in [5.74, 6) is 1.32. The highest BCUT2D eigenvalue weighted by atomic mass is 79.9. The Balaban J connectivity index is -0.000000200. The molecule has 0 saturated heterocycles. The van der Waals surface area contributed by atoms with Gasteiger partial charge in [0.2, 0.25) is 0 Å². The Hall–Kier alpha value is -0.720. The van der Waals surface area contributed by atoms with Crippen LogP contribution in [0.3, 0.4) is 0 Å². The molecule has 0 aliphatic carbocycles. The first-order chi connectivity index (χ1) is 13.1. The molecule has 0 atom stereocenters. The second kappa shape index (κ2) is 24.3. The molecular formula is C22H43BrO4S. The van der Waals surface area contributed by atoms with Crippen molar-refractivity contribution in [3.63, 3.8) is 0 Å². The Morgan fingerprint density at radius 1 is 1.07 bits per heavy atom. The zero-order chi connectivity index (χ0) is 23.2. The Morgan fingerprint density at radius 3 is 1.86 bits per heavy atom. The predicted molar refractivity (Wildman–Crippen MR) is 129 cm³/mol. The molecule has 1 rings (SSSR count). The van der Waals surface area contributed by atoms with Crippen molar-refractivity contribution in [2.24, 2.45) is 0 Å². The highest BCUT2D eigenvalue weighted by Crippen LogP contribution is 2.28. The normalized spacial score (nSPS) is 8.89. The molecule has 168 valence electrons. The molecule has 0 amide bonds. The third-order valence-corrected chi connectivity index (χ3v) is 3.32. The van der Waals surface area contributed by atoms with Crippen LogP contribution >= 0.6 is 27.7 Å². The van der Waals surface area contributed by atoms with Gasteiger partial charge in [0.25, 0.3) is 0 Å². The fourth-order valence-corrected chi connectivity index (χ4v) is 2.63. The van der Waals surface area contributed by atoms with E-state index in [2.05, 4.69) is 34.5 Å². The number of ether oxygens (including phenoxy) is 2. The lowest BCUT2D eigenvalue weighted by atomic mass is 10.2. The number of hydrogen-bond donors (Lipinski definition) is 1. The minimum absolute atomic E-state index is 0.186. The van der Waals surface area contributed by atoms with E-state index in [1.807, 2.05) is 45.9 Å². The lowest BCUT2D eigenvalue weighted by molar-refractivity contribution is -0.140. The number of aliphatic hydroxyl groups is 1. The van der Waals surface area contributed by atoms with Crippen LogP contribution in [0, 0.1) is 0 Å². The number of benzene rings is 1. The van der Waals surface area contributed by atoms with E-state index in [4.69, 9.17) is 9.84 Å². The molecule has 0 fully saturated rings. The zero-order valence-corrected chi connectivity index (χ0v) is 22.2. The Morgan fingerprint density at radius 2 is 1.50 bits per heavy atom. The molecule has 1 aromatic carbocycles. The van der Waals surface area contributed by atoms with Crippen LogP contribution < -0.4 is 4.74 Å². The maximum atomic E-state index is 10.9. The van der Waals surface area contributed by atoms with Crippen molar-refractivity contribution < 1.29 is 19.4 Å². The molecule has 0 bridgehead atoms. The number of hydrogen-bond acceptors (Lipinski definition) is 5. The van der Waals surface area contributed by atoms with E-state index in [9.17, 15) is 4.79 Å². The third-order valence-electron chi connectivity index (χ3n) is 1.88. The number of thioether (sulfide) groups is 1. The first-order valence-corrected chi connectivity index (χ1v) is 11.6. The quantitative estimate of drug-likeness (QED) is 0.350. The van der Waals surface area contributed by atoms with E-state index in [1.54, 1.807) is 39.6 Å². The van der Waals surface area contributed by atoms with E-state index in [0.29, 0.717) is 12.2 Å². The van der Waals surface area contributed by atoms with Gasteiger partial charge in [0.1, 0.15) is 5.75 Å². The van der Waals surface area contributed by atoms with Crippen molar-refractivity contribution >= 4 is 33.7 Å². The molecule has 0 saturated carbocycles. The number of rotatable bonds is 5.